The number of nitrogens with one attached hydrogen (secondary N) is 2. The molecule has 0 aliphatic heterocycles. The molecule has 1 fully saturated rings. The normalized spacial score (nSPS) is 14.2. The molecule has 1 aliphatic rings. The van der Waals surface area contributed by atoms with E-state index in [4.69, 9.17) is 4.74 Å². The second-order valence-corrected chi connectivity index (χ2v) is 4.57. The van der Waals surface area contributed by atoms with Crippen LogP contribution in [0, 0.1) is 6.92 Å². The minimum atomic E-state index is -0.373. The molecule has 1 aliphatic carbocycles. The highest BCUT2D eigenvalue weighted by molar-refractivity contribution is 5.90. The van der Waals surface area contributed by atoms with Crippen molar-refractivity contribution in [2.24, 2.45) is 0 Å². The first-order valence-electron chi connectivity index (χ1n) is 6.68. The van der Waals surface area contributed by atoms with Crippen LogP contribution in [0.2, 0.25) is 0 Å². The van der Waals surface area contributed by atoms with Gasteiger partial charge in [0.15, 0.2) is 0 Å². The Morgan fingerprint density at radius 2 is 2.26 bits per heavy atom. The number of hydrogen-bond acceptors (Lipinski definition) is 6. The minimum absolute atomic E-state index is 0.352. The standard InChI is InChI=1S/C13H20N4O2/c1-3-19-12(18)11-8-16-13(17-9(11)2)15-7-6-14-10-4-5-10/h8,10,14H,3-7H2,1-2H3,(H,15,16,17). The molecule has 104 valence electrons. The molecule has 1 heterocycles. The summed E-state index contributed by atoms with van der Waals surface area (Å²) in [6.45, 7) is 5.57. The van der Waals surface area contributed by atoms with Gasteiger partial charge in [-0.25, -0.2) is 14.8 Å². The molecule has 0 radical (unpaired) electrons. The van der Waals surface area contributed by atoms with Crippen molar-refractivity contribution in [3.8, 4) is 0 Å². The van der Waals surface area contributed by atoms with E-state index in [1.54, 1.807) is 13.8 Å². The van der Waals surface area contributed by atoms with Gasteiger partial charge in [-0.05, 0) is 26.7 Å². The maximum atomic E-state index is 11.6. The van der Waals surface area contributed by atoms with Crippen LogP contribution in [-0.2, 0) is 4.74 Å². The molecule has 1 saturated carbocycles. The van der Waals surface area contributed by atoms with E-state index in [9.17, 15) is 4.79 Å². The Hall–Kier alpha value is -1.69. The highest BCUT2D eigenvalue weighted by Gasteiger charge is 2.19. The number of carbonyl (C=O) groups is 1. The molecule has 0 unspecified atom stereocenters. The summed E-state index contributed by atoms with van der Waals surface area (Å²) in [6.07, 6.45) is 4.07. The van der Waals surface area contributed by atoms with Crippen molar-refractivity contribution in [2.45, 2.75) is 32.7 Å². The van der Waals surface area contributed by atoms with Gasteiger partial charge < -0.3 is 15.4 Å². The molecule has 6 nitrogen and oxygen atoms in total. The SMILES string of the molecule is CCOC(=O)c1cnc(NCCNC2CC2)nc1C. The maximum absolute atomic E-state index is 11.6. The second-order valence-electron chi connectivity index (χ2n) is 4.57. The number of esters is 1. The van der Waals surface area contributed by atoms with Crippen molar-refractivity contribution in [1.82, 2.24) is 15.3 Å². The third-order valence-electron chi connectivity index (χ3n) is 2.89. The first kappa shape index (κ1) is 13.7. The summed E-state index contributed by atoms with van der Waals surface area (Å²) in [5.41, 5.74) is 1.05. The molecular weight excluding hydrogens is 244 g/mol. The monoisotopic (exact) mass is 264 g/mol. The maximum Gasteiger partial charge on any atom is 0.341 e. The number of rotatable bonds is 7. The van der Waals surface area contributed by atoms with Gasteiger partial charge in [-0.2, -0.15) is 0 Å². The Morgan fingerprint density at radius 3 is 2.89 bits per heavy atom. The van der Waals surface area contributed by atoms with E-state index >= 15 is 0 Å². The third kappa shape index (κ3) is 4.17. The summed E-state index contributed by atoms with van der Waals surface area (Å²) in [6, 6.07) is 0.704. The molecule has 2 N–H and O–H groups in total. The van der Waals surface area contributed by atoms with Crippen molar-refractivity contribution >= 4 is 11.9 Å². The van der Waals surface area contributed by atoms with Gasteiger partial charge in [0, 0.05) is 25.3 Å². The van der Waals surface area contributed by atoms with Gasteiger partial charge in [0.2, 0.25) is 5.95 Å². The van der Waals surface area contributed by atoms with Gasteiger partial charge in [-0.15, -0.1) is 0 Å². The van der Waals surface area contributed by atoms with Gasteiger partial charge in [0.25, 0.3) is 0 Å². The molecular formula is C13H20N4O2. The first-order chi connectivity index (χ1) is 9.20. The van der Waals surface area contributed by atoms with Crippen molar-refractivity contribution in [1.29, 1.82) is 0 Å². The van der Waals surface area contributed by atoms with E-state index in [0.717, 1.165) is 13.1 Å². The van der Waals surface area contributed by atoms with Crippen LogP contribution in [0.15, 0.2) is 6.20 Å². The summed E-state index contributed by atoms with van der Waals surface area (Å²) in [4.78, 5) is 20.0. The van der Waals surface area contributed by atoms with Crippen LogP contribution in [0.4, 0.5) is 5.95 Å². The first-order valence-corrected chi connectivity index (χ1v) is 6.68. The molecule has 0 aromatic carbocycles. The van der Waals surface area contributed by atoms with Crippen LogP contribution in [0.3, 0.4) is 0 Å². The Balaban J connectivity index is 1.84. The van der Waals surface area contributed by atoms with Crippen molar-refractivity contribution in [3.05, 3.63) is 17.5 Å². The van der Waals surface area contributed by atoms with Crippen LogP contribution in [0.25, 0.3) is 0 Å². The van der Waals surface area contributed by atoms with E-state index in [0.29, 0.717) is 29.9 Å². The highest BCUT2D eigenvalue weighted by Crippen LogP contribution is 2.17. The van der Waals surface area contributed by atoms with Gasteiger partial charge in [-0.1, -0.05) is 0 Å². The van der Waals surface area contributed by atoms with E-state index in [-0.39, 0.29) is 5.97 Å². The molecule has 2 rings (SSSR count). The zero-order valence-corrected chi connectivity index (χ0v) is 11.4. The fourth-order valence-electron chi connectivity index (χ4n) is 1.70. The average Bonchev–Trinajstić information content (AvgIpc) is 3.19. The molecule has 0 atom stereocenters. The fraction of sp³-hybridized carbons (Fsp3) is 0.615. The lowest BCUT2D eigenvalue weighted by atomic mass is 10.2. The lowest BCUT2D eigenvalue weighted by molar-refractivity contribution is 0.0524. The summed E-state index contributed by atoms with van der Waals surface area (Å²) < 4.78 is 4.93. The Morgan fingerprint density at radius 1 is 1.47 bits per heavy atom. The summed E-state index contributed by atoms with van der Waals surface area (Å²) in [5.74, 6) is 0.171. The molecule has 0 bridgehead atoms. The van der Waals surface area contributed by atoms with E-state index < -0.39 is 0 Å². The average molecular weight is 264 g/mol. The smallest absolute Gasteiger partial charge is 0.341 e. The van der Waals surface area contributed by atoms with Crippen molar-refractivity contribution in [3.63, 3.8) is 0 Å². The zero-order chi connectivity index (χ0) is 13.7. The number of aromatic nitrogens is 2. The second kappa shape index (κ2) is 6.47. The van der Waals surface area contributed by atoms with Crippen LogP contribution >= 0.6 is 0 Å². The van der Waals surface area contributed by atoms with E-state index in [1.807, 2.05) is 0 Å². The topological polar surface area (TPSA) is 76.1 Å². The molecule has 0 amide bonds. The van der Waals surface area contributed by atoms with Crippen LogP contribution in [0.5, 0.6) is 0 Å². The summed E-state index contributed by atoms with van der Waals surface area (Å²) >= 11 is 0. The van der Waals surface area contributed by atoms with Crippen molar-refractivity contribution in [2.75, 3.05) is 25.0 Å². The number of carbonyl (C=O) groups excluding carboxylic acids is 1. The van der Waals surface area contributed by atoms with Gasteiger partial charge in [0.05, 0.1) is 17.9 Å². The minimum Gasteiger partial charge on any atom is -0.462 e. The van der Waals surface area contributed by atoms with Crippen LogP contribution < -0.4 is 10.6 Å². The number of nitrogens with zero attached hydrogens (tertiary/aromatic N) is 2. The molecule has 0 saturated heterocycles. The fourth-order valence-corrected chi connectivity index (χ4v) is 1.70. The molecule has 1 aromatic rings. The van der Waals surface area contributed by atoms with E-state index in [2.05, 4.69) is 20.6 Å². The Labute approximate surface area is 113 Å². The predicted octanol–water partition coefficient (Wildman–Crippen LogP) is 1.13. The number of ether oxygens (including phenoxy) is 1. The van der Waals surface area contributed by atoms with E-state index in [1.165, 1.54) is 19.0 Å². The largest absolute Gasteiger partial charge is 0.462 e. The molecule has 6 heteroatoms. The lowest BCUT2D eigenvalue weighted by Gasteiger charge is -2.08. The zero-order valence-electron chi connectivity index (χ0n) is 11.4. The Kier molecular flexibility index (Phi) is 4.68. The molecule has 19 heavy (non-hydrogen) atoms. The molecule has 0 spiro atoms. The number of anilines is 1. The lowest BCUT2D eigenvalue weighted by Crippen LogP contribution is -2.24. The Bertz CT molecular complexity index is 446. The third-order valence-corrected chi connectivity index (χ3v) is 2.89. The van der Waals surface area contributed by atoms with Crippen LogP contribution in [0.1, 0.15) is 35.8 Å². The van der Waals surface area contributed by atoms with Crippen LogP contribution in [-0.4, -0.2) is 41.7 Å². The summed E-state index contributed by atoms with van der Waals surface area (Å²) in [5, 5.41) is 6.53. The summed E-state index contributed by atoms with van der Waals surface area (Å²) in [7, 11) is 0. The quantitative estimate of drug-likeness (QED) is 0.568. The van der Waals surface area contributed by atoms with Gasteiger partial charge in [-0.3, -0.25) is 0 Å². The van der Waals surface area contributed by atoms with Gasteiger partial charge >= 0.3 is 5.97 Å². The predicted molar refractivity (Wildman–Crippen MR) is 72.2 cm³/mol. The highest BCUT2D eigenvalue weighted by atomic mass is 16.5. The molecule has 1 aromatic heterocycles. The van der Waals surface area contributed by atoms with Gasteiger partial charge in [0.1, 0.15) is 0 Å². The number of aryl methyl sites for hydroxylation is 1. The van der Waals surface area contributed by atoms with Crippen molar-refractivity contribution < 1.29 is 9.53 Å². The number of hydrogen-bond donors (Lipinski definition) is 2.